The van der Waals surface area contributed by atoms with Crippen molar-refractivity contribution in [3.05, 3.63) is 63.9 Å². The summed E-state index contributed by atoms with van der Waals surface area (Å²) >= 11 is 1.49. The van der Waals surface area contributed by atoms with Crippen LogP contribution in [0.2, 0.25) is 0 Å². The maximum Gasteiger partial charge on any atom is 0.265 e. The van der Waals surface area contributed by atoms with Crippen LogP contribution in [0.1, 0.15) is 50.5 Å². The summed E-state index contributed by atoms with van der Waals surface area (Å²) in [6.45, 7) is 6.17. The van der Waals surface area contributed by atoms with Crippen LogP contribution >= 0.6 is 11.3 Å². The third-order valence-corrected chi connectivity index (χ3v) is 6.13. The summed E-state index contributed by atoms with van der Waals surface area (Å²) in [5.41, 5.74) is 2.01. The molecule has 1 saturated heterocycles. The number of aromatic nitrogens is 4. The van der Waals surface area contributed by atoms with Gasteiger partial charge in [0, 0.05) is 43.8 Å². The molecular formula is C20H23N5OS. The van der Waals surface area contributed by atoms with Crippen LogP contribution in [-0.2, 0) is 6.54 Å². The smallest absolute Gasteiger partial charge is 0.265 e. The van der Waals surface area contributed by atoms with Crippen LogP contribution < -0.4 is 0 Å². The number of rotatable bonds is 4. The van der Waals surface area contributed by atoms with Crippen LogP contribution in [0.5, 0.6) is 0 Å². The standard InChI is InChI=1S/C20H23N5OS/c1-14-18(27-15(2)23-14)20(26)24-9-5-17(6-10-24)19-22-8-11-25(19)13-16-4-3-7-21-12-16/h3-4,7-8,11-12,17H,5-6,9-10,13H2,1-2H3. The van der Waals surface area contributed by atoms with Crippen LogP contribution in [0.3, 0.4) is 0 Å². The summed E-state index contributed by atoms with van der Waals surface area (Å²) in [6.07, 6.45) is 9.46. The van der Waals surface area contributed by atoms with Gasteiger partial charge in [0.15, 0.2) is 0 Å². The highest BCUT2D eigenvalue weighted by Crippen LogP contribution is 2.29. The highest BCUT2D eigenvalue weighted by atomic mass is 32.1. The molecule has 0 aliphatic carbocycles. The van der Waals surface area contributed by atoms with Crippen molar-refractivity contribution in [2.75, 3.05) is 13.1 Å². The van der Waals surface area contributed by atoms with Gasteiger partial charge < -0.3 is 9.47 Å². The number of hydrogen-bond donors (Lipinski definition) is 0. The molecule has 7 heteroatoms. The van der Waals surface area contributed by atoms with Gasteiger partial charge in [-0.15, -0.1) is 11.3 Å². The highest BCUT2D eigenvalue weighted by molar-refractivity contribution is 7.13. The minimum Gasteiger partial charge on any atom is -0.338 e. The largest absolute Gasteiger partial charge is 0.338 e. The molecule has 1 fully saturated rings. The molecular weight excluding hydrogens is 358 g/mol. The Morgan fingerprint density at radius 2 is 2.07 bits per heavy atom. The Morgan fingerprint density at radius 3 is 2.74 bits per heavy atom. The molecule has 4 heterocycles. The number of piperidine rings is 1. The van der Waals surface area contributed by atoms with E-state index in [1.807, 2.05) is 43.4 Å². The molecule has 1 amide bonds. The minimum absolute atomic E-state index is 0.121. The monoisotopic (exact) mass is 381 g/mol. The van der Waals surface area contributed by atoms with E-state index in [2.05, 4.69) is 25.6 Å². The van der Waals surface area contributed by atoms with Crippen molar-refractivity contribution in [3.8, 4) is 0 Å². The van der Waals surface area contributed by atoms with Gasteiger partial charge in [-0.2, -0.15) is 0 Å². The Hall–Kier alpha value is -2.54. The lowest BCUT2D eigenvalue weighted by molar-refractivity contribution is 0.0714. The molecule has 0 bridgehead atoms. The molecule has 0 saturated carbocycles. The predicted octanol–water partition coefficient (Wildman–Crippen LogP) is 3.42. The lowest BCUT2D eigenvalue weighted by Crippen LogP contribution is -2.38. The zero-order chi connectivity index (χ0) is 18.8. The first-order chi connectivity index (χ1) is 13.1. The van der Waals surface area contributed by atoms with Crippen molar-refractivity contribution in [2.45, 2.75) is 39.2 Å². The van der Waals surface area contributed by atoms with Gasteiger partial charge in [-0.1, -0.05) is 6.07 Å². The van der Waals surface area contributed by atoms with Crippen molar-refractivity contribution in [3.63, 3.8) is 0 Å². The van der Waals surface area contributed by atoms with Crippen LogP contribution in [-0.4, -0.2) is 43.4 Å². The first-order valence-electron chi connectivity index (χ1n) is 9.25. The second kappa shape index (κ2) is 7.60. The number of carbonyl (C=O) groups is 1. The van der Waals surface area contributed by atoms with E-state index in [4.69, 9.17) is 0 Å². The van der Waals surface area contributed by atoms with Crippen molar-refractivity contribution in [1.29, 1.82) is 0 Å². The van der Waals surface area contributed by atoms with Crippen molar-refractivity contribution >= 4 is 17.2 Å². The normalized spacial score (nSPS) is 15.3. The van der Waals surface area contributed by atoms with E-state index in [-0.39, 0.29) is 5.91 Å². The zero-order valence-electron chi connectivity index (χ0n) is 15.6. The molecule has 0 aromatic carbocycles. The van der Waals surface area contributed by atoms with E-state index in [1.54, 1.807) is 6.20 Å². The number of nitrogens with zero attached hydrogens (tertiary/aromatic N) is 5. The Labute approximate surface area is 162 Å². The van der Waals surface area contributed by atoms with Gasteiger partial charge in [0.2, 0.25) is 0 Å². The zero-order valence-corrected chi connectivity index (χ0v) is 16.4. The van der Waals surface area contributed by atoms with E-state index in [0.717, 1.165) is 53.9 Å². The second-order valence-electron chi connectivity index (χ2n) is 6.99. The van der Waals surface area contributed by atoms with E-state index in [9.17, 15) is 4.79 Å². The number of thiazole rings is 1. The van der Waals surface area contributed by atoms with Crippen LogP contribution in [0.15, 0.2) is 36.9 Å². The average molecular weight is 382 g/mol. The van der Waals surface area contributed by atoms with Gasteiger partial charge in [-0.05, 0) is 38.3 Å². The molecule has 140 valence electrons. The first-order valence-corrected chi connectivity index (χ1v) is 10.1. The number of imidazole rings is 1. The fourth-order valence-electron chi connectivity index (χ4n) is 3.72. The number of likely N-dealkylation sites (tertiary alicyclic amines) is 1. The highest BCUT2D eigenvalue weighted by Gasteiger charge is 2.28. The maximum atomic E-state index is 12.8. The molecule has 1 aliphatic rings. The number of hydrogen-bond acceptors (Lipinski definition) is 5. The maximum absolute atomic E-state index is 12.8. The quantitative estimate of drug-likeness (QED) is 0.695. The van der Waals surface area contributed by atoms with Crippen molar-refractivity contribution < 1.29 is 4.79 Å². The van der Waals surface area contributed by atoms with E-state index in [1.165, 1.54) is 16.9 Å². The number of amides is 1. The molecule has 1 aliphatic heterocycles. The molecule has 0 unspecified atom stereocenters. The Morgan fingerprint density at radius 1 is 1.26 bits per heavy atom. The van der Waals surface area contributed by atoms with E-state index >= 15 is 0 Å². The van der Waals surface area contributed by atoms with Gasteiger partial charge in [-0.25, -0.2) is 9.97 Å². The Kier molecular flexibility index (Phi) is 5.03. The molecule has 0 atom stereocenters. The fraction of sp³-hybridized carbons (Fsp3) is 0.400. The first kappa shape index (κ1) is 17.9. The topological polar surface area (TPSA) is 63.9 Å². The molecule has 6 nitrogen and oxygen atoms in total. The van der Waals surface area contributed by atoms with Gasteiger partial charge in [0.1, 0.15) is 10.7 Å². The predicted molar refractivity (Wildman–Crippen MR) is 105 cm³/mol. The molecule has 3 aromatic rings. The van der Waals surface area contributed by atoms with Gasteiger partial charge in [0.25, 0.3) is 5.91 Å². The molecule has 0 radical (unpaired) electrons. The molecule has 0 N–H and O–H groups in total. The third-order valence-electron chi connectivity index (χ3n) is 5.07. The van der Waals surface area contributed by atoms with E-state index in [0.29, 0.717) is 5.92 Å². The fourth-order valence-corrected chi connectivity index (χ4v) is 4.60. The summed E-state index contributed by atoms with van der Waals surface area (Å²) in [4.78, 5) is 28.7. The van der Waals surface area contributed by atoms with Gasteiger partial charge in [-0.3, -0.25) is 9.78 Å². The summed E-state index contributed by atoms with van der Waals surface area (Å²) in [5.74, 6) is 1.61. The SMILES string of the molecule is Cc1nc(C)c(C(=O)N2CCC(c3nccn3Cc3cccnc3)CC2)s1. The van der Waals surface area contributed by atoms with Crippen molar-refractivity contribution in [2.24, 2.45) is 0 Å². The number of aryl methyl sites for hydroxylation is 2. The summed E-state index contributed by atoms with van der Waals surface area (Å²) in [6, 6.07) is 4.04. The number of pyridine rings is 1. The summed E-state index contributed by atoms with van der Waals surface area (Å²) in [5, 5.41) is 0.947. The average Bonchev–Trinajstić information content (AvgIpc) is 3.28. The number of carbonyl (C=O) groups excluding carboxylic acids is 1. The molecule has 0 spiro atoms. The molecule has 3 aromatic heterocycles. The molecule has 4 rings (SSSR count). The van der Waals surface area contributed by atoms with Crippen LogP contribution in [0.4, 0.5) is 0 Å². The second-order valence-corrected chi connectivity index (χ2v) is 8.19. The lowest BCUT2D eigenvalue weighted by atomic mass is 9.95. The van der Waals surface area contributed by atoms with Crippen LogP contribution in [0, 0.1) is 13.8 Å². The lowest BCUT2D eigenvalue weighted by Gasteiger charge is -2.31. The third kappa shape index (κ3) is 3.78. The van der Waals surface area contributed by atoms with Crippen molar-refractivity contribution in [1.82, 2.24) is 24.4 Å². The summed E-state index contributed by atoms with van der Waals surface area (Å²) < 4.78 is 2.20. The van der Waals surface area contributed by atoms with E-state index < -0.39 is 0 Å². The Bertz CT molecular complexity index is 925. The Balaban J connectivity index is 1.42. The van der Waals surface area contributed by atoms with Gasteiger partial charge >= 0.3 is 0 Å². The van der Waals surface area contributed by atoms with Gasteiger partial charge in [0.05, 0.1) is 17.2 Å². The summed E-state index contributed by atoms with van der Waals surface area (Å²) in [7, 11) is 0. The minimum atomic E-state index is 0.121. The molecule has 27 heavy (non-hydrogen) atoms. The van der Waals surface area contributed by atoms with Crippen LogP contribution in [0.25, 0.3) is 0 Å².